The molecular formula is C18H14ClN2NaO5. The van der Waals surface area contributed by atoms with E-state index in [-0.39, 0.29) is 85.8 Å². The van der Waals surface area contributed by atoms with Crippen molar-refractivity contribution in [3.05, 3.63) is 45.2 Å². The summed E-state index contributed by atoms with van der Waals surface area (Å²) < 4.78 is 6.84. The van der Waals surface area contributed by atoms with Crippen LogP contribution in [0.15, 0.2) is 29.1 Å². The topological polar surface area (TPSA) is 101 Å². The molecule has 27 heavy (non-hydrogen) atoms. The van der Waals surface area contributed by atoms with Gasteiger partial charge in [0.2, 0.25) is 0 Å². The smallest absolute Gasteiger partial charge is 0.548 e. The maximum Gasteiger partial charge on any atom is 1.00 e. The Morgan fingerprint density at radius 2 is 1.89 bits per heavy atom. The Kier molecular flexibility index (Phi) is 6.64. The van der Waals surface area contributed by atoms with E-state index >= 15 is 0 Å². The van der Waals surface area contributed by atoms with Gasteiger partial charge in [0.25, 0.3) is 0 Å². The van der Waals surface area contributed by atoms with Gasteiger partial charge in [-0.15, -0.1) is 0 Å². The van der Waals surface area contributed by atoms with Gasteiger partial charge in [-0.05, 0) is 31.2 Å². The summed E-state index contributed by atoms with van der Waals surface area (Å²) in [6, 6.07) is 5.91. The van der Waals surface area contributed by atoms with Crippen molar-refractivity contribution < 1.29 is 49.0 Å². The second-order valence-corrected chi connectivity index (χ2v) is 6.02. The van der Waals surface area contributed by atoms with Crippen LogP contribution in [0, 0.1) is 0 Å². The van der Waals surface area contributed by atoms with Gasteiger partial charge in [-0.25, -0.2) is 4.98 Å². The molecule has 134 valence electrons. The SMILES string of the molecule is CCOc1c(Cl)ccc2c(=O)c3ccc(C(C)=O)nc3n(CC(=O)[O-])c12.[Na+]. The summed E-state index contributed by atoms with van der Waals surface area (Å²) >= 11 is 6.20. The number of ketones is 1. The summed E-state index contributed by atoms with van der Waals surface area (Å²) in [6.07, 6.45) is 0. The zero-order valence-electron chi connectivity index (χ0n) is 15.0. The average Bonchev–Trinajstić information content (AvgIpc) is 2.59. The van der Waals surface area contributed by atoms with E-state index in [9.17, 15) is 19.5 Å². The summed E-state index contributed by atoms with van der Waals surface area (Å²) in [4.78, 5) is 40.1. The number of carboxylic acids is 1. The molecule has 3 rings (SSSR count). The first-order valence-corrected chi connectivity index (χ1v) is 8.22. The quantitative estimate of drug-likeness (QED) is 0.297. The monoisotopic (exact) mass is 396 g/mol. The van der Waals surface area contributed by atoms with Crippen LogP contribution in [-0.2, 0) is 11.3 Å². The predicted molar refractivity (Wildman–Crippen MR) is 94.7 cm³/mol. The van der Waals surface area contributed by atoms with Crippen LogP contribution in [0.3, 0.4) is 0 Å². The third kappa shape index (κ3) is 3.87. The fraction of sp³-hybridized carbons (Fsp3) is 0.222. The third-order valence-corrected chi connectivity index (χ3v) is 4.21. The number of halogens is 1. The molecule has 0 radical (unpaired) electrons. The van der Waals surface area contributed by atoms with Crippen LogP contribution in [-0.4, -0.2) is 27.9 Å². The van der Waals surface area contributed by atoms with Crippen molar-refractivity contribution in [2.45, 2.75) is 20.4 Å². The van der Waals surface area contributed by atoms with Gasteiger partial charge >= 0.3 is 29.6 Å². The second-order valence-electron chi connectivity index (χ2n) is 5.62. The Hall–Kier alpha value is -1.93. The molecule has 0 aliphatic carbocycles. The number of rotatable bonds is 5. The van der Waals surface area contributed by atoms with Crippen LogP contribution in [0.1, 0.15) is 24.3 Å². The molecule has 0 N–H and O–H groups in total. The number of hydrogen-bond acceptors (Lipinski definition) is 6. The normalized spacial score (nSPS) is 10.6. The Labute approximate surface area is 181 Å². The average molecular weight is 397 g/mol. The molecule has 9 heteroatoms. The number of pyridine rings is 2. The zero-order valence-corrected chi connectivity index (χ0v) is 17.8. The minimum Gasteiger partial charge on any atom is -0.548 e. The first-order valence-electron chi connectivity index (χ1n) is 7.84. The molecule has 0 aliphatic rings. The summed E-state index contributed by atoms with van der Waals surface area (Å²) in [7, 11) is 0. The van der Waals surface area contributed by atoms with E-state index in [2.05, 4.69) is 4.98 Å². The molecule has 0 saturated heterocycles. The molecule has 0 amide bonds. The van der Waals surface area contributed by atoms with E-state index in [0.717, 1.165) is 0 Å². The van der Waals surface area contributed by atoms with Gasteiger partial charge < -0.3 is 19.2 Å². The fourth-order valence-corrected chi connectivity index (χ4v) is 3.05. The Balaban J connectivity index is 0.00000261. The van der Waals surface area contributed by atoms with E-state index in [4.69, 9.17) is 16.3 Å². The van der Waals surface area contributed by atoms with E-state index in [0.29, 0.717) is 0 Å². The van der Waals surface area contributed by atoms with Crippen molar-refractivity contribution in [1.82, 2.24) is 9.55 Å². The maximum atomic E-state index is 12.9. The second kappa shape index (κ2) is 8.39. The number of aliphatic carboxylic acids is 1. The number of Topliss-reactive ketones (excluding diaryl/α,β-unsaturated/α-hetero) is 1. The molecule has 0 spiro atoms. The molecule has 0 unspecified atom stereocenters. The standard InChI is InChI=1S/C18H15ClN2O5.Na/c1-3-26-17-12(19)6-4-10-15(17)21(8-14(23)24)18-11(16(10)25)5-7-13(20-18)9(2)22;/h4-7H,3,8H2,1-2H3,(H,23,24);/q;+1/p-1. The number of carbonyl (C=O) groups is 2. The summed E-state index contributed by atoms with van der Waals surface area (Å²) in [6.45, 7) is 2.75. The summed E-state index contributed by atoms with van der Waals surface area (Å²) in [5, 5.41) is 12.0. The van der Waals surface area contributed by atoms with Crippen LogP contribution >= 0.6 is 11.6 Å². The van der Waals surface area contributed by atoms with Crippen molar-refractivity contribution in [3.8, 4) is 5.75 Å². The minimum atomic E-state index is -1.38. The van der Waals surface area contributed by atoms with E-state index < -0.39 is 12.5 Å². The number of hydrogen-bond donors (Lipinski definition) is 0. The predicted octanol–water partition coefficient (Wildman–Crippen LogP) is -1.44. The fourth-order valence-electron chi connectivity index (χ4n) is 2.84. The number of ether oxygens (including phenoxy) is 1. The van der Waals surface area contributed by atoms with Gasteiger partial charge in [-0.3, -0.25) is 9.59 Å². The van der Waals surface area contributed by atoms with Crippen LogP contribution in [0.4, 0.5) is 0 Å². The van der Waals surface area contributed by atoms with Gasteiger partial charge in [0.1, 0.15) is 11.3 Å². The Bertz CT molecular complexity index is 1130. The molecule has 0 atom stereocenters. The van der Waals surface area contributed by atoms with E-state index in [1.165, 1.54) is 35.8 Å². The minimum absolute atomic E-state index is 0. The van der Waals surface area contributed by atoms with Crippen LogP contribution in [0.2, 0.25) is 5.02 Å². The third-order valence-electron chi connectivity index (χ3n) is 3.91. The van der Waals surface area contributed by atoms with Crippen molar-refractivity contribution in [2.24, 2.45) is 0 Å². The number of carbonyl (C=O) groups excluding carboxylic acids is 2. The van der Waals surface area contributed by atoms with Crippen LogP contribution in [0.5, 0.6) is 5.75 Å². The van der Waals surface area contributed by atoms with Gasteiger partial charge in [0.15, 0.2) is 17.0 Å². The number of benzene rings is 1. The van der Waals surface area contributed by atoms with Crippen LogP contribution in [0.25, 0.3) is 21.9 Å². The summed E-state index contributed by atoms with van der Waals surface area (Å²) in [5.41, 5.74) is 0.0185. The Morgan fingerprint density at radius 3 is 2.48 bits per heavy atom. The Morgan fingerprint density at radius 1 is 1.22 bits per heavy atom. The largest absolute Gasteiger partial charge is 1.00 e. The van der Waals surface area contributed by atoms with Gasteiger partial charge in [-0.1, -0.05) is 11.6 Å². The molecule has 0 saturated carbocycles. The first-order chi connectivity index (χ1) is 12.3. The molecule has 0 bridgehead atoms. The molecule has 0 aliphatic heterocycles. The van der Waals surface area contributed by atoms with Crippen molar-refractivity contribution >= 4 is 45.3 Å². The molecule has 2 heterocycles. The van der Waals surface area contributed by atoms with Crippen molar-refractivity contribution in [2.75, 3.05) is 6.61 Å². The number of nitrogens with zero attached hydrogens (tertiary/aromatic N) is 2. The zero-order chi connectivity index (χ0) is 19.0. The molecule has 0 fully saturated rings. The summed E-state index contributed by atoms with van der Waals surface area (Å²) in [5.74, 6) is -1.51. The molecule has 2 aromatic heterocycles. The maximum absolute atomic E-state index is 12.9. The van der Waals surface area contributed by atoms with Gasteiger partial charge in [0.05, 0.1) is 40.4 Å². The molecule has 3 aromatic rings. The van der Waals surface area contributed by atoms with E-state index in [1.54, 1.807) is 6.92 Å². The van der Waals surface area contributed by atoms with Gasteiger partial charge in [-0.2, -0.15) is 0 Å². The molecular weight excluding hydrogens is 383 g/mol. The first kappa shape index (κ1) is 21.4. The molecule has 1 aromatic carbocycles. The molecule has 7 nitrogen and oxygen atoms in total. The number of fused-ring (bicyclic) bond motifs is 2. The number of carboxylic acid groups (broad SMARTS) is 1. The van der Waals surface area contributed by atoms with Crippen molar-refractivity contribution in [1.29, 1.82) is 0 Å². The van der Waals surface area contributed by atoms with Gasteiger partial charge in [0, 0.05) is 6.92 Å². The van der Waals surface area contributed by atoms with E-state index in [1.807, 2.05) is 0 Å². The van der Waals surface area contributed by atoms with Crippen molar-refractivity contribution in [3.63, 3.8) is 0 Å². The van der Waals surface area contributed by atoms with Crippen LogP contribution < -0.4 is 44.8 Å². The number of aromatic nitrogens is 2.